The average molecular weight is 549 g/mol. The molecule has 32 heavy (non-hydrogen) atoms. The van der Waals surface area contributed by atoms with Gasteiger partial charge in [-0.15, -0.1) is 24.0 Å². The number of rotatable bonds is 6. The Bertz CT molecular complexity index is 1100. The van der Waals surface area contributed by atoms with Crippen molar-refractivity contribution in [1.82, 2.24) is 19.8 Å². The number of nitrogens with one attached hydrogen (secondary N) is 1. The number of hydrogen-bond donors (Lipinski definition) is 1. The topological polar surface area (TPSA) is 63.9 Å². The molecule has 172 valence electrons. The summed E-state index contributed by atoms with van der Waals surface area (Å²) >= 11 is 0. The van der Waals surface area contributed by atoms with Crippen LogP contribution in [0.1, 0.15) is 23.4 Å². The van der Waals surface area contributed by atoms with Crippen molar-refractivity contribution in [3.05, 3.63) is 53.3 Å². The SMILES string of the molecule is CN=C(NCCCn1c(C)nc2ccccc21)N1CCc2cc(OC)c(OC)cc2C1.I. The van der Waals surface area contributed by atoms with Gasteiger partial charge in [-0.3, -0.25) is 4.99 Å². The summed E-state index contributed by atoms with van der Waals surface area (Å²) in [5.74, 6) is 3.56. The molecule has 0 bridgehead atoms. The largest absolute Gasteiger partial charge is 0.493 e. The van der Waals surface area contributed by atoms with E-state index in [-0.39, 0.29) is 24.0 Å². The van der Waals surface area contributed by atoms with Crippen molar-refractivity contribution >= 4 is 41.0 Å². The number of ether oxygens (including phenoxy) is 2. The number of para-hydroxylation sites is 2. The summed E-state index contributed by atoms with van der Waals surface area (Å²) in [5, 5.41) is 3.54. The third-order valence-electron chi connectivity index (χ3n) is 5.92. The molecule has 0 atom stereocenters. The van der Waals surface area contributed by atoms with Gasteiger partial charge in [-0.05, 0) is 55.2 Å². The molecule has 0 radical (unpaired) electrons. The van der Waals surface area contributed by atoms with E-state index in [1.54, 1.807) is 14.2 Å². The van der Waals surface area contributed by atoms with E-state index in [4.69, 9.17) is 9.47 Å². The number of hydrogen-bond acceptors (Lipinski definition) is 4. The molecule has 2 heterocycles. The number of imidazole rings is 1. The minimum Gasteiger partial charge on any atom is -0.493 e. The molecule has 0 saturated heterocycles. The third-order valence-corrected chi connectivity index (χ3v) is 5.92. The molecule has 0 unspecified atom stereocenters. The first-order valence-electron chi connectivity index (χ1n) is 10.8. The first kappa shape index (κ1) is 24.2. The van der Waals surface area contributed by atoms with Gasteiger partial charge in [-0.25, -0.2) is 4.98 Å². The summed E-state index contributed by atoms with van der Waals surface area (Å²) in [7, 11) is 5.20. The lowest BCUT2D eigenvalue weighted by Gasteiger charge is -2.32. The lowest BCUT2D eigenvalue weighted by Crippen LogP contribution is -2.44. The lowest BCUT2D eigenvalue weighted by molar-refractivity contribution is 0.346. The van der Waals surface area contributed by atoms with E-state index in [1.165, 1.54) is 16.6 Å². The second-order valence-electron chi connectivity index (χ2n) is 7.77. The number of guanidine groups is 1. The molecule has 8 heteroatoms. The molecule has 0 fully saturated rings. The number of methoxy groups -OCH3 is 2. The molecular formula is C24H32IN5O2. The minimum absolute atomic E-state index is 0. The number of aromatic nitrogens is 2. The molecule has 3 aromatic rings. The highest BCUT2D eigenvalue weighted by Gasteiger charge is 2.21. The van der Waals surface area contributed by atoms with Gasteiger partial charge in [0.25, 0.3) is 0 Å². The molecular weight excluding hydrogens is 517 g/mol. The van der Waals surface area contributed by atoms with Gasteiger partial charge in [-0.2, -0.15) is 0 Å². The fraction of sp³-hybridized carbons (Fsp3) is 0.417. The fourth-order valence-corrected chi connectivity index (χ4v) is 4.31. The van der Waals surface area contributed by atoms with E-state index in [0.29, 0.717) is 0 Å². The maximum Gasteiger partial charge on any atom is 0.193 e. The van der Waals surface area contributed by atoms with Gasteiger partial charge in [0.1, 0.15) is 5.82 Å². The zero-order valence-corrected chi connectivity index (χ0v) is 21.6. The highest BCUT2D eigenvalue weighted by molar-refractivity contribution is 14.0. The van der Waals surface area contributed by atoms with E-state index in [0.717, 1.165) is 67.8 Å². The molecule has 0 spiro atoms. The number of nitrogens with zero attached hydrogens (tertiary/aromatic N) is 4. The normalized spacial score (nSPS) is 13.5. The van der Waals surface area contributed by atoms with Crippen molar-refractivity contribution in [2.45, 2.75) is 32.9 Å². The number of benzene rings is 2. The molecule has 1 N–H and O–H groups in total. The monoisotopic (exact) mass is 549 g/mol. The van der Waals surface area contributed by atoms with Crippen LogP contribution in [-0.2, 0) is 19.5 Å². The van der Waals surface area contributed by atoms with Crippen molar-refractivity contribution < 1.29 is 9.47 Å². The Kier molecular flexibility index (Phi) is 8.22. The van der Waals surface area contributed by atoms with Gasteiger partial charge in [0, 0.05) is 33.2 Å². The molecule has 4 rings (SSSR count). The van der Waals surface area contributed by atoms with Crippen LogP contribution in [0.15, 0.2) is 41.4 Å². The van der Waals surface area contributed by atoms with Crippen molar-refractivity contribution in [2.24, 2.45) is 4.99 Å². The summed E-state index contributed by atoms with van der Waals surface area (Å²) in [5.41, 5.74) is 4.82. The number of aliphatic imine (C=N–C) groups is 1. The second kappa shape index (κ2) is 10.9. The van der Waals surface area contributed by atoms with Gasteiger partial charge in [0.15, 0.2) is 17.5 Å². The van der Waals surface area contributed by atoms with Crippen molar-refractivity contribution in [2.75, 3.05) is 34.4 Å². The molecule has 1 aliphatic heterocycles. The van der Waals surface area contributed by atoms with Crippen molar-refractivity contribution in [1.29, 1.82) is 0 Å². The first-order valence-corrected chi connectivity index (χ1v) is 10.8. The first-order chi connectivity index (χ1) is 15.1. The van der Waals surface area contributed by atoms with Gasteiger partial charge in [-0.1, -0.05) is 12.1 Å². The molecule has 7 nitrogen and oxygen atoms in total. The van der Waals surface area contributed by atoms with E-state index in [9.17, 15) is 0 Å². The summed E-state index contributed by atoms with van der Waals surface area (Å²) in [6, 6.07) is 12.5. The van der Waals surface area contributed by atoms with Crippen LogP contribution in [0.2, 0.25) is 0 Å². The Morgan fingerprint density at radius 3 is 2.56 bits per heavy atom. The van der Waals surface area contributed by atoms with E-state index in [2.05, 4.69) is 62.0 Å². The van der Waals surface area contributed by atoms with E-state index >= 15 is 0 Å². The van der Waals surface area contributed by atoms with Gasteiger partial charge < -0.3 is 24.3 Å². The Labute approximate surface area is 206 Å². The molecule has 2 aromatic carbocycles. The Balaban J connectivity index is 0.00000289. The van der Waals surface area contributed by atoms with Gasteiger partial charge in [0.2, 0.25) is 0 Å². The van der Waals surface area contributed by atoms with E-state index < -0.39 is 0 Å². The standard InChI is InChI=1S/C24H31N5O2.HI/c1-17-27-20-8-5-6-9-21(20)29(17)12-7-11-26-24(25-2)28-13-10-18-14-22(30-3)23(31-4)15-19(18)16-28;/h5-6,8-9,14-15H,7,10-13,16H2,1-4H3,(H,25,26);1H. The van der Waals surface area contributed by atoms with E-state index in [1.807, 2.05) is 13.1 Å². The van der Waals surface area contributed by atoms with Crippen LogP contribution in [0.25, 0.3) is 11.0 Å². The summed E-state index contributed by atoms with van der Waals surface area (Å²) in [6.45, 7) is 5.58. The quantitative estimate of drug-likeness (QED) is 0.218. The van der Waals surface area contributed by atoms with Crippen LogP contribution >= 0.6 is 24.0 Å². The minimum atomic E-state index is 0. The van der Waals surface area contributed by atoms with Gasteiger partial charge >= 0.3 is 0 Å². The zero-order valence-electron chi connectivity index (χ0n) is 19.2. The highest BCUT2D eigenvalue weighted by Crippen LogP contribution is 2.33. The molecule has 1 aromatic heterocycles. The van der Waals surface area contributed by atoms with Crippen LogP contribution in [0, 0.1) is 6.92 Å². The predicted octanol–water partition coefficient (Wildman–Crippen LogP) is 4.00. The second-order valence-corrected chi connectivity index (χ2v) is 7.77. The Hall–Kier alpha value is -2.49. The number of aryl methyl sites for hydroxylation is 2. The van der Waals surface area contributed by atoms with Crippen LogP contribution in [-0.4, -0.2) is 54.8 Å². The average Bonchev–Trinajstić information content (AvgIpc) is 3.12. The van der Waals surface area contributed by atoms with Crippen LogP contribution in [0.5, 0.6) is 11.5 Å². The van der Waals surface area contributed by atoms with Crippen molar-refractivity contribution in [3.63, 3.8) is 0 Å². The fourth-order valence-electron chi connectivity index (χ4n) is 4.31. The molecule has 1 aliphatic rings. The molecule has 0 saturated carbocycles. The van der Waals surface area contributed by atoms with Gasteiger partial charge in [0.05, 0.1) is 25.3 Å². The zero-order chi connectivity index (χ0) is 21.8. The maximum atomic E-state index is 5.48. The van der Waals surface area contributed by atoms with Crippen LogP contribution in [0.3, 0.4) is 0 Å². The molecule has 0 aliphatic carbocycles. The molecule has 0 amide bonds. The number of halogens is 1. The summed E-state index contributed by atoms with van der Waals surface area (Å²) in [6.07, 6.45) is 1.95. The predicted molar refractivity (Wildman–Crippen MR) is 140 cm³/mol. The Morgan fingerprint density at radius 2 is 1.84 bits per heavy atom. The third kappa shape index (κ3) is 4.95. The maximum absolute atomic E-state index is 5.48. The number of fused-ring (bicyclic) bond motifs is 2. The smallest absolute Gasteiger partial charge is 0.193 e. The van der Waals surface area contributed by atoms with Crippen molar-refractivity contribution in [3.8, 4) is 11.5 Å². The summed E-state index contributed by atoms with van der Waals surface area (Å²) < 4.78 is 13.2. The Morgan fingerprint density at radius 1 is 1.12 bits per heavy atom. The summed E-state index contributed by atoms with van der Waals surface area (Å²) in [4.78, 5) is 11.5. The highest BCUT2D eigenvalue weighted by atomic mass is 127. The lowest BCUT2D eigenvalue weighted by atomic mass is 9.99. The van der Waals surface area contributed by atoms with Crippen LogP contribution in [0.4, 0.5) is 0 Å². The van der Waals surface area contributed by atoms with Crippen LogP contribution < -0.4 is 14.8 Å².